The first-order valence-corrected chi connectivity index (χ1v) is 14.1. The topological polar surface area (TPSA) is 74.8 Å². The Kier molecular flexibility index (Phi) is 8.42. The molecule has 0 amide bonds. The number of nitrogens with zero attached hydrogens (tertiary/aromatic N) is 3. The summed E-state index contributed by atoms with van der Waals surface area (Å²) in [7, 11) is -1.71. The van der Waals surface area contributed by atoms with Gasteiger partial charge in [0.1, 0.15) is 11.5 Å². The highest BCUT2D eigenvalue weighted by molar-refractivity contribution is 7.89. The zero-order chi connectivity index (χ0) is 25.9. The molecule has 0 bridgehead atoms. The lowest BCUT2D eigenvalue weighted by atomic mass is 10.1. The molecule has 10 heteroatoms. The molecular formula is C26H30Cl2N4O3S. The van der Waals surface area contributed by atoms with E-state index in [1.165, 1.54) is 18.2 Å². The van der Waals surface area contributed by atoms with Gasteiger partial charge in [0.2, 0.25) is 10.0 Å². The summed E-state index contributed by atoms with van der Waals surface area (Å²) in [6, 6.07) is 13.5. The van der Waals surface area contributed by atoms with E-state index in [9.17, 15) is 8.42 Å². The number of likely N-dealkylation sites (N-methyl/N-ethyl adjacent to an activating group) is 1. The van der Waals surface area contributed by atoms with E-state index in [2.05, 4.69) is 32.6 Å². The third-order valence-corrected chi connectivity index (χ3v) is 8.53. The molecule has 1 N–H and O–H groups in total. The van der Waals surface area contributed by atoms with Gasteiger partial charge in [-0.25, -0.2) is 13.1 Å². The molecule has 2 aromatic carbocycles. The van der Waals surface area contributed by atoms with E-state index in [0.717, 1.165) is 43.2 Å². The summed E-state index contributed by atoms with van der Waals surface area (Å²) in [6.07, 6.45) is 2.26. The maximum atomic E-state index is 13.0. The number of anilines is 1. The van der Waals surface area contributed by atoms with E-state index in [-0.39, 0.29) is 9.92 Å². The third kappa shape index (κ3) is 6.12. The zero-order valence-corrected chi connectivity index (χ0v) is 22.9. The highest BCUT2D eigenvalue weighted by Gasteiger charge is 2.23. The molecule has 0 saturated carbocycles. The van der Waals surface area contributed by atoms with Crippen LogP contribution in [0, 0.1) is 0 Å². The number of sulfonamides is 1. The maximum Gasteiger partial charge on any atom is 0.241 e. The first-order valence-electron chi connectivity index (χ1n) is 11.8. The van der Waals surface area contributed by atoms with Crippen molar-refractivity contribution in [1.29, 1.82) is 0 Å². The average molecular weight is 550 g/mol. The zero-order valence-electron chi connectivity index (χ0n) is 20.5. The second kappa shape index (κ2) is 11.4. The van der Waals surface area contributed by atoms with Gasteiger partial charge in [0.05, 0.1) is 26.7 Å². The van der Waals surface area contributed by atoms with E-state index in [1.807, 2.05) is 31.2 Å². The summed E-state index contributed by atoms with van der Waals surface area (Å²) in [5.74, 6) is 1.38. The number of aromatic nitrogens is 1. The lowest BCUT2D eigenvalue weighted by Crippen LogP contribution is -2.44. The van der Waals surface area contributed by atoms with Crippen molar-refractivity contribution in [3.63, 3.8) is 0 Å². The van der Waals surface area contributed by atoms with Gasteiger partial charge in [-0.3, -0.25) is 4.98 Å². The van der Waals surface area contributed by atoms with Crippen LogP contribution in [0.2, 0.25) is 10.0 Å². The second-order valence-corrected chi connectivity index (χ2v) is 11.4. The van der Waals surface area contributed by atoms with Gasteiger partial charge >= 0.3 is 0 Å². The summed E-state index contributed by atoms with van der Waals surface area (Å²) in [4.78, 5) is 9.20. The predicted octanol–water partition coefficient (Wildman–Crippen LogP) is 5.53. The highest BCUT2D eigenvalue weighted by Crippen LogP contribution is 2.33. The normalized spacial score (nSPS) is 15.6. The first kappa shape index (κ1) is 26.7. The molecule has 3 aromatic rings. The summed E-state index contributed by atoms with van der Waals surface area (Å²) < 4.78 is 35.0. The fourth-order valence-electron chi connectivity index (χ4n) is 4.25. The Labute approximate surface area is 223 Å². The Morgan fingerprint density at radius 1 is 1.06 bits per heavy atom. The number of hydrogen-bond donors (Lipinski definition) is 1. The van der Waals surface area contributed by atoms with Crippen LogP contribution in [0.4, 0.5) is 5.69 Å². The summed E-state index contributed by atoms with van der Waals surface area (Å²) in [5, 5.41) is 0.467. The molecule has 36 heavy (non-hydrogen) atoms. The van der Waals surface area contributed by atoms with Crippen molar-refractivity contribution in [2.75, 3.05) is 38.1 Å². The van der Waals surface area contributed by atoms with E-state index in [0.29, 0.717) is 22.9 Å². The average Bonchev–Trinajstić information content (AvgIpc) is 2.86. The van der Waals surface area contributed by atoms with E-state index in [4.69, 9.17) is 27.9 Å². The number of halogens is 2. The Bertz CT molecular complexity index is 1330. The minimum atomic E-state index is -3.85. The number of rotatable bonds is 8. The summed E-state index contributed by atoms with van der Waals surface area (Å²) >= 11 is 12.0. The molecule has 1 saturated heterocycles. The first-order chi connectivity index (χ1) is 17.2. The SMILES string of the molecule is CCc1c(Oc2cccc(N3CCN(C)CC3)c2)ccnc1C(C)NS(=O)(=O)c1ccc(Cl)c(Cl)c1. The van der Waals surface area contributed by atoms with Gasteiger partial charge in [0, 0.05) is 49.7 Å². The van der Waals surface area contributed by atoms with Crippen molar-refractivity contribution in [2.24, 2.45) is 0 Å². The number of piperazine rings is 1. The number of nitrogens with one attached hydrogen (secondary N) is 1. The summed E-state index contributed by atoms with van der Waals surface area (Å²) in [5.41, 5.74) is 2.57. The molecule has 0 spiro atoms. The van der Waals surface area contributed by atoms with Crippen molar-refractivity contribution in [2.45, 2.75) is 31.2 Å². The van der Waals surface area contributed by atoms with Crippen molar-refractivity contribution in [3.8, 4) is 11.5 Å². The van der Waals surface area contributed by atoms with Gasteiger partial charge in [0.15, 0.2) is 0 Å². The van der Waals surface area contributed by atoms with Gasteiger partial charge in [-0.1, -0.05) is 36.2 Å². The molecular weight excluding hydrogens is 519 g/mol. The Morgan fingerprint density at radius 2 is 1.81 bits per heavy atom. The van der Waals surface area contributed by atoms with E-state index >= 15 is 0 Å². The van der Waals surface area contributed by atoms with Crippen LogP contribution in [0.3, 0.4) is 0 Å². The van der Waals surface area contributed by atoms with Crippen LogP contribution in [0.15, 0.2) is 59.6 Å². The third-order valence-electron chi connectivity index (χ3n) is 6.26. The molecule has 1 aromatic heterocycles. The van der Waals surface area contributed by atoms with E-state index in [1.54, 1.807) is 13.1 Å². The van der Waals surface area contributed by atoms with Gasteiger partial charge < -0.3 is 14.5 Å². The maximum absolute atomic E-state index is 13.0. The van der Waals surface area contributed by atoms with Crippen molar-refractivity contribution in [3.05, 3.63) is 76.0 Å². The van der Waals surface area contributed by atoms with Gasteiger partial charge in [-0.2, -0.15) is 0 Å². The highest BCUT2D eigenvalue weighted by atomic mass is 35.5. The van der Waals surface area contributed by atoms with Crippen LogP contribution in [0.25, 0.3) is 0 Å². The Hall–Kier alpha value is -2.36. The Balaban J connectivity index is 1.55. The van der Waals surface area contributed by atoms with Crippen LogP contribution >= 0.6 is 23.2 Å². The van der Waals surface area contributed by atoms with Crippen molar-refractivity contribution in [1.82, 2.24) is 14.6 Å². The second-order valence-electron chi connectivity index (χ2n) is 8.84. The van der Waals surface area contributed by atoms with Crippen molar-refractivity contribution < 1.29 is 13.2 Å². The monoisotopic (exact) mass is 548 g/mol. The number of benzene rings is 2. The molecule has 0 radical (unpaired) electrons. The lowest BCUT2D eigenvalue weighted by Gasteiger charge is -2.34. The summed E-state index contributed by atoms with van der Waals surface area (Å²) in [6.45, 7) is 7.73. The van der Waals surface area contributed by atoms with Crippen LogP contribution in [-0.2, 0) is 16.4 Å². The van der Waals surface area contributed by atoms with Gasteiger partial charge in [-0.15, -0.1) is 0 Å². The largest absolute Gasteiger partial charge is 0.457 e. The fourth-order valence-corrected chi connectivity index (χ4v) is 5.85. The predicted molar refractivity (Wildman–Crippen MR) is 145 cm³/mol. The van der Waals surface area contributed by atoms with Crippen LogP contribution in [0.1, 0.15) is 31.1 Å². The van der Waals surface area contributed by atoms with Gasteiger partial charge in [0.25, 0.3) is 0 Å². The minimum absolute atomic E-state index is 0.0370. The molecule has 1 aliphatic heterocycles. The molecule has 0 aliphatic carbocycles. The molecule has 192 valence electrons. The van der Waals surface area contributed by atoms with E-state index < -0.39 is 16.1 Å². The number of ether oxygens (including phenoxy) is 1. The molecule has 1 atom stereocenters. The fraction of sp³-hybridized carbons (Fsp3) is 0.346. The molecule has 7 nitrogen and oxygen atoms in total. The smallest absolute Gasteiger partial charge is 0.241 e. The lowest BCUT2D eigenvalue weighted by molar-refractivity contribution is 0.313. The number of pyridine rings is 1. The van der Waals surface area contributed by atoms with Crippen LogP contribution in [-0.4, -0.2) is 51.5 Å². The quantitative estimate of drug-likeness (QED) is 0.398. The molecule has 4 rings (SSSR count). The van der Waals surface area contributed by atoms with Crippen LogP contribution in [0.5, 0.6) is 11.5 Å². The molecule has 1 fully saturated rings. The molecule has 1 aliphatic rings. The van der Waals surface area contributed by atoms with Crippen molar-refractivity contribution >= 4 is 38.9 Å². The van der Waals surface area contributed by atoms with Gasteiger partial charge in [-0.05, 0) is 56.8 Å². The van der Waals surface area contributed by atoms with Crippen LogP contribution < -0.4 is 14.4 Å². The number of hydrogen-bond acceptors (Lipinski definition) is 6. The Morgan fingerprint density at radius 3 is 2.50 bits per heavy atom. The molecule has 2 heterocycles. The standard InChI is InChI=1S/C26H30Cl2N4O3S/c1-4-22-25(35-20-7-5-6-19(16-20)32-14-12-31(3)13-15-32)10-11-29-26(22)18(2)30-36(33,34)21-8-9-23(27)24(28)17-21/h5-11,16-18,30H,4,12-15H2,1-3H3. The molecule has 1 unspecified atom stereocenters. The minimum Gasteiger partial charge on any atom is -0.457 e.